The van der Waals surface area contributed by atoms with E-state index >= 15 is 0 Å². The van der Waals surface area contributed by atoms with Crippen molar-refractivity contribution in [2.75, 3.05) is 24.2 Å². The molecule has 0 spiro atoms. The molecule has 0 bridgehead atoms. The maximum absolute atomic E-state index is 12.7. The van der Waals surface area contributed by atoms with Gasteiger partial charge in [0.15, 0.2) is 5.16 Å². The van der Waals surface area contributed by atoms with Gasteiger partial charge in [0.25, 0.3) is 0 Å². The summed E-state index contributed by atoms with van der Waals surface area (Å²) in [5.74, 6) is 0. The van der Waals surface area contributed by atoms with Crippen LogP contribution in [0.15, 0.2) is 28.0 Å². The van der Waals surface area contributed by atoms with Crippen LogP contribution in [0.4, 0.5) is 10.5 Å². The van der Waals surface area contributed by atoms with E-state index in [4.69, 9.17) is 4.74 Å². The second kappa shape index (κ2) is 8.06. The van der Waals surface area contributed by atoms with Crippen LogP contribution in [0.3, 0.4) is 0 Å². The maximum Gasteiger partial charge on any atom is 0.410 e. The Morgan fingerprint density at radius 2 is 1.89 bits per heavy atom. The summed E-state index contributed by atoms with van der Waals surface area (Å²) in [5, 5.41) is 1.76. The minimum atomic E-state index is -0.498. The largest absolute Gasteiger partial charge is 0.444 e. The second-order valence-corrected chi connectivity index (χ2v) is 9.80. The lowest BCUT2D eigenvalue weighted by atomic mass is 10.1. The third-order valence-electron chi connectivity index (χ3n) is 4.70. The number of ether oxygens (including phenoxy) is 1. The fraction of sp³-hybridized carbons (Fsp3) is 0.550. The first-order valence-electron chi connectivity index (χ1n) is 9.36. The molecule has 2 atom stereocenters. The van der Waals surface area contributed by atoms with Crippen LogP contribution in [-0.2, 0) is 4.74 Å². The highest BCUT2D eigenvalue weighted by Crippen LogP contribution is 2.34. The zero-order valence-electron chi connectivity index (χ0n) is 17.2. The molecule has 0 radical (unpaired) electrons. The van der Waals surface area contributed by atoms with Crippen LogP contribution < -0.4 is 4.90 Å². The molecule has 0 unspecified atom stereocenters. The number of nitrogens with zero attached hydrogens (tertiary/aromatic N) is 4. The number of rotatable bonds is 2. The summed E-state index contributed by atoms with van der Waals surface area (Å²) in [6, 6.07) is 4.19. The third-order valence-corrected chi connectivity index (χ3v) is 5.90. The van der Waals surface area contributed by atoms with Crippen molar-refractivity contribution >= 4 is 50.4 Å². The van der Waals surface area contributed by atoms with E-state index in [1.165, 1.54) is 11.8 Å². The zero-order valence-corrected chi connectivity index (χ0v) is 19.6. The molecule has 1 amide bonds. The van der Waals surface area contributed by atoms with Gasteiger partial charge in [-0.15, -0.1) is 0 Å². The average molecular weight is 467 g/mol. The van der Waals surface area contributed by atoms with E-state index in [-0.39, 0.29) is 18.2 Å². The standard InChI is InChI=1S/C20H27BrN4O2S/c1-12-10-24(11-13(2)25(12)19(26)27-20(3,4)5)16-8-7-15(21)17-14(16)9-22-18(23-17)28-6/h7-9,12-13H,10-11H2,1-6H3/t12-,13+. The number of carbonyl (C=O) groups is 1. The van der Waals surface area contributed by atoms with Gasteiger partial charge in [-0.25, -0.2) is 14.8 Å². The first-order chi connectivity index (χ1) is 13.1. The Balaban J connectivity index is 1.89. The number of fused-ring (bicyclic) bond motifs is 1. The fourth-order valence-electron chi connectivity index (χ4n) is 3.62. The first kappa shape index (κ1) is 21.2. The molecule has 8 heteroatoms. The molecule has 1 saturated heterocycles. The predicted molar refractivity (Wildman–Crippen MR) is 118 cm³/mol. The summed E-state index contributed by atoms with van der Waals surface area (Å²) in [6.45, 7) is 11.3. The van der Waals surface area contributed by atoms with Crippen molar-refractivity contribution in [1.29, 1.82) is 0 Å². The molecule has 1 aromatic carbocycles. The highest BCUT2D eigenvalue weighted by atomic mass is 79.9. The quantitative estimate of drug-likeness (QED) is 0.460. The van der Waals surface area contributed by atoms with E-state index in [9.17, 15) is 4.79 Å². The van der Waals surface area contributed by atoms with Gasteiger partial charge in [0.1, 0.15) is 5.60 Å². The number of thioether (sulfide) groups is 1. The topological polar surface area (TPSA) is 58.6 Å². The van der Waals surface area contributed by atoms with Crippen LogP contribution in [0, 0.1) is 0 Å². The number of piperazine rings is 1. The van der Waals surface area contributed by atoms with Gasteiger partial charge in [-0.3, -0.25) is 4.90 Å². The van der Waals surface area contributed by atoms with E-state index in [0.717, 1.165) is 39.3 Å². The van der Waals surface area contributed by atoms with E-state index in [1.54, 1.807) is 0 Å². The summed E-state index contributed by atoms with van der Waals surface area (Å²) in [5.41, 5.74) is 1.50. The highest BCUT2D eigenvalue weighted by Gasteiger charge is 2.36. The number of carbonyl (C=O) groups excluding carboxylic acids is 1. The van der Waals surface area contributed by atoms with Gasteiger partial charge in [-0.05, 0) is 68.9 Å². The molecule has 2 aromatic rings. The Hall–Kier alpha value is -1.54. The lowest BCUT2D eigenvalue weighted by molar-refractivity contribution is 0.00568. The normalized spacial score (nSPS) is 20.5. The van der Waals surface area contributed by atoms with Crippen molar-refractivity contribution in [3.8, 4) is 0 Å². The third kappa shape index (κ3) is 4.38. The Morgan fingerprint density at radius 1 is 1.25 bits per heavy atom. The summed E-state index contributed by atoms with van der Waals surface area (Å²) in [6.07, 6.45) is 3.61. The SMILES string of the molecule is CSc1ncc2c(N3C[C@@H](C)N(C(=O)OC(C)(C)C)[C@@H](C)C3)ccc(Br)c2n1. The smallest absolute Gasteiger partial charge is 0.410 e. The van der Waals surface area contributed by atoms with Gasteiger partial charge in [0.2, 0.25) is 0 Å². The molecular formula is C20H27BrN4O2S. The van der Waals surface area contributed by atoms with Crippen LogP contribution in [-0.4, -0.2) is 58.0 Å². The molecule has 2 heterocycles. The Bertz CT molecular complexity index is 874. The lowest BCUT2D eigenvalue weighted by Gasteiger charge is -2.45. The van der Waals surface area contributed by atoms with Crippen LogP contribution in [0.1, 0.15) is 34.6 Å². The van der Waals surface area contributed by atoms with Gasteiger partial charge in [0.05, 0.1) is 17.6 Å². The summed E-state index contributed by atoms with van der Waals surface area (Å²) >= 11 is 5.14. The molecule has 1 aliphatic rings. The van der Waals surface area contributed by atoms with Gasteiger partial charge in [0, 0.05) is 34.8 Å². The Kier molecular flexibility index (Phi) is 6.10. The number of halogens is 1. The molecule has 0 aliphatic carbocycles. The predicted octanol–water partition coefficient (Wildman–Crippen LogP) is 4.95. The molecule has 3 rings (SSSR count). The van der Waals surface area contributed by atoms with Crippen molar-refractivity contribution in [3.05, 3.63) is 22.8 Å². The maximum atomic E-state index is 12.7. The second-order valence-electron chi connectivity index (χ2n) is 8.18. The van der Waals surface area contributed by atoms with Crippen molar-refractivity contribution in [3.63, 3.8) is 0 Å². The number of benzene rings is 1. The molecule has 0 saturated carbocycles. The van der Waals surface area contributed by atoms with Crippen molar-refractivity contribution < 1.29 is 9.53 Å². The number of hydrogen-bond acceptors (Lipinski definition) is 6. The van der Waals surface area contributed by atoms with E-state index in [0.29, 0.717) is 0 Å². The van der Waals surface area contributed by atoms with Crippen LogP contribution in [0.2, 0.25) is 0 Å². The molecule has 1 fully saturated rings. The molecule has 1 aromatic heterocycles. The minimum absolute atomic E-state index is 0.0312. The average Bonchev–Trinajstić information content (AvgIpc) is 2.59. The van der Waals surface area contributed by atoms with Crippen LogP contribution >= 0.6 is 27.7 Å². The number of anilines is 1. The highest BCUT2D eigenvalue weighted by molar-refractivity contribution is 9.10. The van der Waals surface area contributed by atoms with Crippen molar-refractivity contribution in [2.24, 2.45) is 0 Å². The minimum Gasteiger partial charge on any atom is -0.444 e. The van der Waals surface area contributed by atoms with Gasteiger partial charge >= 0.3 is 6.09 Å². The summed E-state index contributed by atoms with van der Waals surface area (Å²) in [4.78, 5) is 26.0. The monoisotopic (exact) mass is 466 g/mol. The summed E-state index contributed by atoms with van der Waals surface area (Å²) < 4.78 is 6.57. The van der Waals surface area contributed by atoms with E-state index in [2.05, 4.69) is 50.7 Å². The molecule has 152 valence electrons. The fourth-order valence-corrected chi connectivity index (χ4v) is 4.40. The zero-order chi connectivity index (χ0) is 20.6. The number of amides is 1. The Morgan fingerprint density at radius 3 is 2.46 bits per heavy atom. The lowest BCUT2D eigenvalue weighted by Crippen LogP contribution is -2.59. The molecular weight excluding hydrogens is 440 g/mol. The van der Waals surface area contributed by atoms with E-state index < -0.39 is 5.60 Å². The van der Waals surface area contributed by atoms with Crippen molar-refractivity contribution in [2.45, 2.75) is 57.5 Å². The first-order valence-corrected chi connectivity index (χ1v) is 11.4. The Labute approximate surface area is 179 Å². The summed E-state index contributed by atoms with van der Waals surface area (Å²) in [7, 11) is 0. The van der Waals surface area contributed by atoms with Gasteiger partial charge in [-0.2, -0.15) is 0 Å². The molecule has 0 N–H and O–H groups in total. The number of hydrogen-bond donors (Lipinski definition) is 0. The van der Waals surface area contributed by atoms with Crippen LogP contribution in [0.5, 0.6) is 0 Å². The number of aromatic nitrogens is 2. The molecule has 1 aliphatic heterocycles. The molecule has 6 nitrogen and oxygen atoms in total. The van der Waals surface area contributed by atoms with E-state index in [1.807, 2.05) is 44.2 Å². The van der Waals surface area contributed by atoms with Crippen LogP contribution in [0.25, 0.3) is 10.9 Å². The van der Waals surface area contributed by atoms with Crippen molar-refractivity contribution in [1.82, 2.24) is 14.9 Å². The molecule has 28 heavy (non-hydrogen) atoms. The van der Waals surface area contributed by atoms with Gasteiger partial charge in [-0.1, -0.05) is 11.8 Å². The van der Waals surface area contributed by atoms with Gasteiger partial charge < -0.3 is 9.64 Å².